The lowest BCUT2D eigenvalue weighted by Crippen LogP contribution is -2.09. The Hall–Kier alpha value is -8.42. The van der Waals surface area contributed by atoms with E-state index in [-0.39, 0.29) is 0 Å². The van der Waals surface area contributed by atoms with Gasteiger partial charge in [0.2, 0.25) is 0 Å². The zero-order valence-electron chi connectivity index (χ0n) is 36.2. The van der Waals surface area contributed by atoms with Crippen LogP contribution in [0.15, 0.2) is 216 Å². The molecule has 7 nitrogen and oxygen atoms in total. The van der Waals surface area contributed by atoms with E-state index in [0.717, 1.165) is 89.7 Å². The van der Waals surface area contributed by atoms with Crippen molar-refractivity contribution in [2.45, 2.75) is 13.8 Å². The lowest BCUT2D eigenvalue weighted by atomic mass is 9.92. The summed E-state index contributed by atoms with van der Waals surface area (Å²) >= 11 is 0. The number of fused-ring (bicyclic) bond motifs is 4. The van der Waals surface area contributed by atoms with Gasteiger partial charge in [0, 0.05) is 61.8 Å². The van der Waals surface area contributed by atoms with Crippen molar-refractivity contribution in [3.05, 3.63) is 206 Å². The van der Waals surface area contributed by atoms with Crippen molar-refractivity contribution in [2.24, 2.45) is 16.1 Å². The molecule has 312 valence electrons. The Labute approximate surface area is 378 Å². The molecule has 1 heterocycles. The van der Waals surface area contributed by atoms with Gasteiger partial charge in [0.25, 0.3) is 0 Å². The third kappa shape index (κ3) is 7.13. The van der Waals surface area contributed by atoms with Crippen LogP contribution in [0.3, 0.4) is 0 Å². The van der Waals surface area contributed by atoms with Gasteiger partial charge in [-0.3, -0.25) is 0 Å². The molecule has 0 aliphatic heterocycles. The zero-order chi connectivity index (χ0) is 43.9. The number of anilines is 7. The number of para-hydroxylation sites is 4. The molecular formula is C58H45N7. The van der Waals surface area contributed by atoms with Crippen molar-refractivity contribution in [1.82, 2.24) is 9.97 Å². The Bertz CT molecular complexity index is 3270. The molecule has 9 aromatic carbocycles. The summed E-state index contributed by atoms with van der Waals surface area (Å²) in [5.41, 5.74) is 23.5. The number of nitrogen functional groups attached to an aromatic ring is 1. The molecule has 0 spiro atoms. The van der Waals surface area contributed by atoms with Gasteiger partial charge in [0.15, 0.2) is 0 Å². The van der Waals surface area contributed by atoms with Gasteiger partial charge in [0.05, 0.1) is 23.6 Å². The predicted molar refractivity (Wildman–Crippen MR) is 270 cm³/mol. The molecule has 0 radical (unpaired) electrons. The minimum absolute atomic E-state index is 0.302. The Morgan fingerprint density at radius 1 is 0.446 bits per heavy atom. The molecule has 0 saturated carbocycles. The van der Waals surface area contributed by atoms with Gasteiger partial charge in [-0.15, -0.1) is 0 Å². The average Bonchev–Trinajstić information content (AvgIpc) is 3.66. The van der Waals surface area contributed by atoms with Gasteiger partial charge in [-0.05, 0) is 95.2 Å². The molecule has 0 atom stereocenters. The number of aromatic nitrogens is 2. The molecule has 2 N–H and O–H groups in total. The molecular weight excluding hydrogens is 795 g/mol. The molecule has 0 saturated heterocycles. The minimum atomic E-state index is 0.302. The van der Waals surface area contributed by atoms with Crippen LogP contribution in [0.25, 0.3) is 66.6 Å². The normalized spacial score (nSPS) is 11.7. The maximum Gasteiger partial charge on any atom is 0.119 e. The molecule has 10 aromatic rings. The van der Waals surface area contributed by atoms with Crippen LogP contribution in [0.2, 0.25) is 0 Å². The van der Waals surface area contributed by atoms with Crippen LogP contribution in [0.4, 0.5) is 45.5 Å². The summed E-state index contributed by atoms with van der Waals surface area (Å²) in [5, 5.41) is 12.1. The Balaban J connectivity index is 1.14. The van der Waals surface area contributed by atoms with Crippen molar-refractivity contribution in [1.29, 1.82) is 0 Å². The van der Waals surface area contributed by atoms with Crippen molar-refractivity contribution in [3.8, 4) is 44.8 Å². The number of rotatable bonds is 11. The van der Waals surface area contributed by atoms with Crippen molar-refractivity contribution in [3.63, 3.8) is 0 Å². The quantitative estimate of drug-likeness (QED) is 0.104. The van der Waals surface area contributed by atoms with E-state index >= 15 is 0 Å². The fourth-order valence-electron chi connectivity index (χ4n) is 9.09. The van der Waals surface area contributed by atoms with Crippen molar-refractivity contribution in [2.75, 3.05) is 22.1 Å². The summed E-state index contributed by atoms with van der Waals surface area (Å²) in [6.07, 6.45) is 0. The Morgan fingerprint density at radius 2 is 0.831 bits per heavy atom. The first-order valence-corrected chi connectivity index (χ1v) is 22.1. The van der Waals surface area contributed by atoms with Crippen molar-refractivity contribution < 1.29 is 0 Å². The summed E-state index contributed by atoms with van der Waals surface area (Å²) in [4.78, 5) is 15.8. The first-order chi connectivity index (χ1) is 32.0. The minimum Gasteiger partial charge on any atom is -0.396 e. The highest BCUT2D eigenvalue weighted by molar-refractivity contribution is 6.18. The standard InChI is InChI=1S/C58H45N7/c1-38(2)37-60-63-56-52(41-31-35-47(36-32-41)65(44-23-11-5-12-24-44)45-25-13-6-14-26-45)58-57(61-54-48-27-15-17-39-18-16-28-49(50(39)48)55(54)62-58)51(53(56)59)40-29-33-46(34-30-40)64(42-19-7-3-8-20-42)43-21-9-4-10-22-43/h3-36,38H,37,59H2,1-2H3/b63-60+. The fourth-order valence-corrected chi connectivity index (χ4v) is 9.09. The second-order valence-electron chi connectivity index (χ2n) is 16.8. The number of nitrogens with zero attached hydrogens (tertiary/aromatic N) is 6. The van der Waals surface area contributed by atoms with Crippen molar-refractivity contribution >= 4 is 67.3 Å². The maximum atomic E-state index is 7.51. The van der Waals surface area contributed by atoms with Crippen LogP contribution in [-0.4, -0.2) is 16.5 Å². The Morgan fingerprint density at radius 3 is 1.25 bits per heavy atom. The van der Waals surface area contributed by atoms with E-state index < -0.39 is 0 Å². The summed E-state index contributed by atoms with van der Waals surface area (Å²) in [7, 11) is 0. The van der Waals surface area contributed by atoms with Crippen LogP contribution < -0.4 is 15.5 Å². The molecule has 0 unspecified atom stereocenters. The molecule has 1 aliphatic rings. The topological polar surface area (TPSA) is 83.0 Å². The average molecular weight is 840 g/mol. The van der Waals surface area contributed by atoms with Gasteiger partial charge in [-0.2, -0.15) is 10.2 Å². The second-order valence-corrected chi connectivity index (χ2v) is 16.8. The number of hydrogen-bond donors (Lipinski definition) is 1. The maximum absolute atomic E-state index is 7.51. The first-order valence-electron chi connectivity index (χ1n) is 22.1. The van der Waals surface area contributed by atoms with Gasteiger partial charge < -0.3 is 15.5 Å². The molecule has 0 bridgehead atoms. The molecule has 11 rings (SSSR count). The number of hydrogen-bond acceptors (Lipinski definition) is 7. The highest BCUT2D eigenvalue weighted by Gasteiger charge is 2.30. The number of nitrogens with two attached hydrogens (primary N) is 1. The lowest BCUT2D eigenvalue weighted by Gasteiger charge is -2.26. The van der Waals surface area contributed by atoms with E-state index in [9.17, 15) is 0 Å². The highest BCUT2D eigenvalue weighted by atomic mass is 15.1. The van der Waals surface area contributed by atoms with Crippen LogP contribution >= 0.6 is 0 Å². The van der Waals surface area contributed by atoms with Crippen LogP contribution in [-0.2, 0) is 0 Å². The van der Waals surface area contributed by atoms with Crippen LogP contribution in [0.5, 0.6) is 0 Å². The van der Waals surface area contributed by atoms with Gasteiger partial charge in [-0.1, -0.05) is 147 Å². The third-order valence-electron chi connectivity index (χ3n) is 12.0. The smallest absolute Gasteiger partial charge is 0.119 e. The molecule has 65 heavy (non-hydrogen) atoms. The lowest BCUT2D eigenvalue weighted by molar-refractivity contribution is 0.647. The second kappa shape index (κ2) is 16.7. The van der Waals surface area contributed by atoms with E-state index in [1.165, 1.54) is 0 Å². The summed E-state index contributed by atoms with van der Waals surface area (Å²) < 4.78 is 0. The third-order valence-corrected chi connectivity index (χ3v) is 12.0. The SMILES string of the molecule is CC(C)C/N=N/c1c(N)c(-c2ccc(N(c3ccccc3)c3ccccc3)cc2)c2nc3c(nc2c1-c1ccc(N(c2ccccc2)c2ccccc2)cc1)-c1cccc2cccc-3c12. The summed E-state index contributed by atoms with van der Waals surface area (Å²) in [6.45, 7) is 4.83. The van der Waals surface area contributed by atoms with Gasteiger partial charge in [0.1, 0.15) is 16.7 Å². The predicted octanol–water partition coefficient (Wildman–Crippen LogP) is 16.0. The highest BCUT2D eigenvalue weighted by Crippen LogP contribution is 2.52. The largest absolute Gasteiger partial charge is 0.396 e. The molecule has 0 amide bonds. The summed E-state index contributed by atoms with van der Waals surface area (Å²) in [5.74, 6) is 0.302. The number of azo groups is 1. The molecule has 7 heteroatoms. The van der Waals surface area contributed by atoms with E-state index in [1.54, 1.807) is 0 Å². The van der Waals surface area contributed by atoms with E-state index in [2.05, 4.69) is 206 Å². The van der Waals surface area contributed by atoms with E-state index in [4.69, 9.17) is 25.9 Å². The first kappa shape index (κ1) is 39.4. The molecule has 1 aromatic heterocycles. The fraction of sp³-hybridized carbons (Fsp3) is 0.0690. The van der Waals surface area contributed by atoms with E-state index in [1.807, 2.05) is 24.3 Å². The van der Waals surface area contributed by atoms with Crippen LogP contribution in [0.1, 0.15) is 13.8 Å². The van der Waals surface area contributed by atoms with Gasteiger partial charge >= 0.3 is 0 Å². The van der Waals surface area contributed by atoms with Crippen LogP contribution in [0, 0.1) is 5.92 Å². The van der Waals surface area contributed by atoms with E-state index in [0.29, 0.717) is 34.9 Å². The molecule has 0 fully saturated rings. The Kier molecular flexibility index (Phi) is 10.1. The summed E-state index contributed by atoms with van der Waals surface area (Å²) in [6, 6.07) is 71.7. The zero-order valence-corrected chi connectivity index (χ0v) is 36.2. The molecule has 1 aliphatic carbocycles. The van der Waals surface area contributed by atoms with Gasteiger partial charge in [-0.25, -0.2) is 9.97 Å². The monoisotopic (exact) mass is 839 g/mol. The number of benzene rings is 9.